The maximum Gasteiger partial charge on any atom is 0.341 e. The van der Waals surface area contributed by atoms with Gasteiger partial charge in [-0.05, 0) is 56.4 Å². The second-order valence-corrected chi connectivity index (χ2v) is 12.1. The number of carbonyl (C=O) groups is 3. The predicted molar refractivity (Wildman–Crippen MR) is 147 cm³/mol. The molecule has 0 saturated heterocycles. The molecule has 2 aromatic heterocycles. The van der Waals surface area contributed by atoms with Crippen LogP contribution in [-0.4, -0.2) is 41.0 Å². The average molecular weight is 597 g/mol. The molecular weight excluding hydrogens is 570 g/mol. The first kappa shape index (κ1) is 26.1. The fraction of sp³-hybridized carbons (Fsp3) is 0.417. The standard InChI is InChI=1S/C24H26BrN3O4S3/c1-3-28-16-10-9-14(25)11-18(16)35-24(28)27-20(30)13-33-12-19(29)26-22-21(23(31)32-2)15-7-5-4-6-8-17(15)34-22/h9-11H,3-8,12-13H2,1-2H3,(H,26,29). The van der Waals surface area contributed by atoms with Crippen LogP contribution in [0, 0.1) is 0 Å². The quantitative estimate of drug-likeness (QED) is 0.292. The maximum absolute atomic E-state index is 12.6. The van der Waals surface area contributed by atoms with Gasteiger partial charge in [0.05, 0.1) is 34.4 Å². The first-order valence-electron chi connectivity index (χ1n) is 11.4. The van der Waals surface area contributed by atoms with Crippen LogP contribution in [0.5, 0.6) is 0 Å². The first-order valence-corrected chi connectivity index (χ1v) is 15.0. The molecule has 3 aromatic rings. The largest absolute Gasteiger partial charge is 0.465 e. The number of fused-ring (bicyclic) bond motifs is 2. The van der Waals surface area contributed by atoms with Gasteiger partial charge in [-0.15, -0.1) is 23.1 Å². The highest BCUT2D eigenvalue weighted by molar-refractivity contribution is 9.10. The number of hydrogen-bond donors (Lipinski definition) is 1. The molecule has 2 amide bonds. The summed E-state index contributed by atoms with van der Waals surface area (Å²) in [5.74, 6) is -0.758. The third-order valence-electron chi connectivity index (χ3n) is 5.70. The molecular formula is C24H26BrN3O4S3. The van der Waals surface area contributed by atoms with E-state index >= 15 is 0 Å². The molecule has 0 spiro atoms. The number of ether oxygens (including phenoxy) is 1. The van der Waals surface area contributed by atoms with Crippen LogP contribution in [0.4, 0.5) is 5.00 Å². The molecule has 7 nitrogen and oxygen atoms in total. The fourth-order valence-corrected chi connectivity index (χ4v) is 7.67. The molecule has 1 N–H and O–H groups in total. The van der Waals surface area contributed by atoms with Crippen LogP contribution in [0.2, 0.25) is 0 Å². The Morgan fingerprint density at radius 3 is 2.74 bits per heavy atom. The van der Waals surface area contributed by atoms with Crippen molar-refractivity contribution >= 4 is 83.4 Å². The zero-order chi connectivity index (χ0) is 24.9. The van der Waals surface area contributed by atoms with Crippen LogP contribution in [0.25, 0.3) is 10.2 Å². The number of nitrogens with zero attached hydrogens (tertiary/aromatic N) is 2. The van der Waals surface area contributed by atoms with Crippen LogP contribution in [0.15, 0.2) is 27.7 Å². The number of thioether (sulfide) groups is 1. The lowest BCUT2D eigenvalue weighted by atomic mass is 10.1. The van der Waals surface area contributed by atoms with Crippen molar-refractivity contribution in [2.45, 2.75) is 45.6 Å². The molecule has 0 unspecified atom stereocenters. The van der Waals surface area contributed by atoms with Crippen molar-refractivity contribution in [2.24, 2.45) is 4.99 Å². The third kappa shape index (κ3) is 6.07. The summed E-state index contributed by atoms with van der Waals surface area (Å²) in [5, 5.41) is 3.42. The van der Waals surface area contributed by atoms with Gasteiger partial charge in [-0.2, -0.15) is 4.99 Å². The van der Waals surface area contributed by atoms with Gasteiger partial charge in [-0.3, -0.25) is 9.59 Å². The highest BCUT2D eigenvalue weighted by Gasteiger charge is 2.26. The van der Waals surface area contributed by atoms with Crippen molar-refractivity contribution in [3.05, 3.63) is 43.5 Å². The number of esters is 1. The zero-order valence-corrected chi connectivity index (χ0v) is 23.6. The number of rotatable bonds is 7. The molecule has 0 saturated carbocycles. The van der Waals surface area contributed by atoms with Crippen LogP contribution in [0.3, 0.4) is 0 Å². The first-order chi connectivity index (χ1) is 16.9. The van der Waals surface area contributed by atoms with E-state index in [0.29, 0.717) is 21.9 Å². The number of hydrogen-bond acceptors (Lipinski definition) is 7. The molecule has 0 radical (unpaired) electrons. The number of nitrogens with one attached hydrogen (secondary N) is 1. The number of thiazole rings is 1. The predicted octanol–water partition coefficient (Wildman–Crippen LogP) is 5.40. The topological polar surface area (TPSA) is 89.8 Å². The molecule has 2 heterocycles. The SMILES string of the molecule is CCn1c(=NC(=O)CSCC(=O)Nc2sc3c(c2C(=O)OC)CCCCC3)sc2cc(Br)ccc21. The van der Waals surface area contributed by atoms with E-state index in [0.717, 1.165) is 57.2 Å². The molecule has 0 bridgehead atoms. The van der Waals surface area contributed by atoms with E-state index < -0.39 is 5.97 Å². The molecule has 1 aliphatic carbocycles. The van der Waals surface area contributed by atoms with Crippen LogP contribution >= 0.6 is 50.4 Å². The summed E-state index contributed by atoms with van der Waals surface area (Å²) < 4.78 is 9.03. The Labute approximate surface area is 224 Å². The van der Waals surface area contributed by atoms with Crippen LogP contribution < -0.4 is 10.1 Å². The van der Waals surface area contributed by atoms with E-state index in [1.54, 1.807) is 0 Å². The van der Waals surface area contributed by atoms with E-state index in [4.69, 9.17) is 4.74 Å². The van der Waals surface area contributed by atoms with Crippen molar-refractivity contribution < 1.29 is 19.1 Å². The zero-order valence-electron chi connectivity index (χ0n) is 19.5. The van der Waals surface area contributed by atoms with Crippen molar-refractivity contribution in [3.8, 4) is 0 Å². The molecule has 1 aromatic carbocycles. The summed E-state index contributed by atoms with van der Waals surface area (Å²) in [6.07, 6.45) is 4.98. The van der Waals surface area contributed by atoms with Gasteiger partial charge in [-0.25, -0.2) is 4.79 Å². The van der Waals surface area contributed by atoms with Crippen molar-refractivity contribution in [3.63, 3.8) is 0 Å². The molecule has 186 valence electrons. The van der Waals surface area contributed by atoms with Gasteiger partial charge in [0.2, 0.25) is 5.91 Å². The normalized spacial score (nSPS) is 14.0. The Bertz CT molecular complexity index is 1340. The van der Waals surface area contributed by atoms with Crippen molar-refractivity contribution in [1.82, 2.24) is 4.57 Å². The highest BCUT2D eigenvalue weighted by Crippen LogP contribution is 2.38. The van der Waals surface area contributed by atoms with Gasteiger partial charge in [-0.1, -0.05) is 33.7 Å². The second kappa shape index (κ2) is 11.9. The molecule has 0 atom stereocenters. The van der Waals surface area contributed by atoms with Crippen LogP contribution in [-0.2, 0) is 33.7 Å². The molecule has 1 aliphatic rings. The maximum atomic E-state index is 12.6. The molecule has 35 heavy (non-hydrogen) atoms. The number of benzene rings is 1. The number of anilines is 1. The van der Waals surface area contributed by atoms with Gasteiger partial charge in [0, 0.05) is 15.9 Å². The fourth-order valence-electron chi connectivity index (χ4n) is 4.12. The lowest BCUT2D eigenvalue weighted by molar-refractivity contribution is -0.115. The summed E-state index contributed by atoms with van der Waals surface area (Å²) in [5.41, 5.74) is 2.53. The Kier molecular flexibility index (Phi) is 8.85. The van der Waals surface area contributed by atoms with Gasteiger partial charge >= 0.3 is 5.97 Å². The lowest BCUT2D eigenvalue weighted by Gasteiger charge is -2.07. The van der Waals surface area contributed by atoms with E-state index in [-0.39, 0.29) is 23.3 Å². The number of amides is 2. The van der Waals surface area contributed by atoms with E-state index in [9.17, 15) is 14.4 Å². The minimum absolute atomic E-state index is 0.0948. The average Bonchev–Trinajstić information content (AvgIpc) is 3.24. The van der Waals surface area contributed by atoms with Gasteiger partial charge in [0.25, 0.3) is 5.91 Å². The summed E-state index contributed by atoms with van der Waals surface area (Å²) in [7, 11) is 1.36. The number of thiophene rings is 1. The third-order valence-corrected chi connectivity index (χ3v) is 9.36. The minimum Gasteiger partial charge on any atom is -0.465 e. The second-order valence-electron chi connectivity index (χ2n) is 8.05. The smallest absolute Gasteiger partial charge is 0.341 e. The Morgan fingerprint density at radius 2 is 1.97 bits per heavy atom. The molecule has 0 fully saturated rings. The van der Waals surface area contributed by atoms with Crippen molar-refractivity contribution in [1.29, 1.82) is 0 Å². The monoisotopic (exact) mass is 595 g/mol. The lowest BCUT2D eigenvalue weighted by Crippen LogP contribution is -2.18. The van der Waals surface area contributed by atoms with E-state index in [1.165, 1.54) is 41.5 Å². The molecule has 0 aliphatic heterocycles. The minimum atomic E-state index is -0.416. The van der Waals surface area contributed by atoms with Crippen molar-refractivity contribution in [2.75, 3.05) is 23.9 Å². The van der Waals surface area contributed by atoms with Crippen LogP contribution in [0.1, 0.15) is 47.0 Å². The van der Waals surface area contributed by atoms with E-state index in [2.05, 4.69) is 26.2 Å². The number of halogens is 1. The number of carbonyl (C=O) groups excluding carboxylic acids is 3. The number of aryl methyl sites for hydroxylation is 2. The summed E-state index contributed by atoms with van der Waals surface area (Å²) in [6.45, 7) is 2.72. The number of aromatic nitrogens is 1. The highest BCUT2D eigenvalue weighted by atomic mass is 79.9. The summed E-state index contributed by atoms with van der Waals surface area (Å²) >= 11 is 7.62. The molecule has 11 heteroatoms. The Morgan fingerprint density at radius 1 is 1.17 bits per heavy atom. The number of methoxy groups -OCH3 is 1. The summed E-state index contributed by atoms with van der Waals surface area (Å²) in [4.78, 5) is 43.7. The Balaban J connectivity index is 1.40. The van der Waals surface area contributed by atoms with Gasteiger partial charge in [0.15, 0.2) is 4.80 Å². The van der Waals surface area contributed by atoms with Gasteiger partial charge < -0.3 is 14.6 Å². The van der Waals surface area contributed by atoms with Gasteiger partial charge in [0.1, 0.15) is 5.00 Å². The molecule has 4 rings (SSSR count). The summed E-state index contributed by atoms with van der Waals surface area (Å²) in [6, 6.07) is 5.99. The van der Waals surface area contributed by atoms with E-state index in [1.807, 2.05) is 29.7 Å². The Hall–Kier alpha value is -1.95.